The SMILES string of the molecule is COc1cc2c(cc1OC)C[NH+](C[C@H]1CC=CCC1)CC2. The highest BCUT2D eigenvalue weighted by Crippen LogP contribution is 2.31. The Hall–Kier alpha value is -1.48. The molecule has 0 radical (unpaired) electrons. The van der Waals surface area contributed by atoms with Gasteiger partial charge in [0.05, 0.1) is 27.3 Å². The predicted octanol–water partition coefficient (Wildman–Crippen LogP) is 2.00. The van der Waals surface area contributed by atoms with Crippen LogP contribution in [0.3, 0.4) is 0 Å². The summed E-state index contributed by atoms with van der Waals surface area (Å²) in [6.45, 7) is 3.66. The average Bonchev–Trinajstić information content (AvgIpc) is 2.54. The van der Waals surface area contributed by atoms with Crippen molar-refractivity contribution < 1.29 is 14.4 Å². The molecule has 1 aliphatic carbocycles. The Morgan fingerprint density at radius 3 is 2.52 bits per heavy atom. The van der Waals surface area contributed by atoms with E-state index in [-0.39, 0.29) is 0 Å². The van der Waals surface area contributed by atoms with Crippen molar-refractivity contribution >= 4 is 0 Å². The van der Waals surface area contributed by atoms with Gasteiger partial charge in [0.2, 0.25) is 0 Å². The highest BCUT2D eigenvalue weighted by Gasteiger charge is 2.24. The quantitative estimate of drug-likeness (QED) is 0.857. The van der Waals surface area contributed by atoms with Crippen molar-refractivity contribution in [1.29, 1.82) is 0 Å². The summed E-state index contributed by atoms with van der Waals surface area (Å²) in [7, 11) is 3.42. The van der Waals surface area contributed by atoms with Crippen LogP contribution in [0.1, 0.15) is 30.4 Å². The van der Waals surface area contributed by atoms with Gasteiger partial charge in [0.25, 0.3) is 0 Å². The van der Waals surface area contributed by atoms with Crippen LogP contribution in [0.25, 0.3) is 0 Å². The zero-order valence-electron chi connectivity index (χ0n) is 13.2. The topological polar surface area (TPSA) is 22.9 Å². The van der Waals surface area contributed by atoms with Gasteiger partial charge in [-0.05, 0) is 37.0 Å². The Morgan fingerprint density at radius 1 is 1.10 bits per heavy atom. The molecular formula is C18H26NO2+. The molecule has 2 aliphatic rings. The minimum absolute atomic E-state index is 0.858. The molecule has 114 valence electrons. The molecule has 3 heteroatoms. The molecule has 0 aromatic heterocycles. The van der Waals surface area contributed by atoms with Gasteiger partial charge >= 0.3 is 0 Å². The predicted molar refractivity (Wildman–Crippen MR) is 84.1 cm³/mol. The van der Waals surface area contributed by atoms with Crippen LogP contribution >= 0.6 is 0 Å². The molecule has 0 saturated carbocycles. The number of ether oxygens (including phenoxy) is 2. The molecule has 3 nitrogen and oxygen atoms in total. The van der Waals surface area contributed by atoms with E-state index in [9.17, 15) is 0 Å². The molecule has 1 aromatic carbocycles. The monoisotopic (exact) mass is 288 g/mol. The first kappa shape index (κ1) is 14.5. The second kappa shape index (κ2) is 6.52. The standard InChI is InChI=1S/C18H25NO2/c1-20-17-10-15-8-9-19(12-14-6-4-3-5-7-14)13-16(15)11-18(17)21-2/h3-4,10-11,14H,5-9,12-13H2,1-2H3/p+1/t14-/m0/s1. The third-order valence-electron chi connectivity index (χ3n) is 4.85. The smallest absolute Gasteiger partial charge is 0.161 e. The zero-order valence-corrected chi connectivity index (χ0v) is 13.2. The van der Waals surface area contributed by atoms with Crippen LogP contribution in [0.15, 0.2) is 24.3 Å². The molecular weight excluding hydrogens is 262 g/mol. The Balaban J connectivity index is 1.71. The van der Waals surface area contributed by atoms with E-state index in [4.69, 9.17) is 9.47 Å². The number of nitrogens with one attached hydrogen (secondary N) is 1. The Labute approximate surface area is 127 Å². The zero-order chi connectivity index (χ0) is 14.7. The summed E-state index contributed by atoms with van der Waals surface area (Å²) in [5.74, 6) is 2.59. The van der Waals surface area contributed by atoms with Crippen LogP contribution in [-0.4, -0.2) is 27.3 Å². The lowest BCUT2D eigenvalue weighted by molar-refractivity contribution is -0.919. The molecule has 0 spiro atoms. The first-order valence-electron chi connectivity index (χ1n) is 8.02. The summed E-state index contributed by atoms with van der Waals surface area (Å²) < 4.78 is 10.9. The average molecular weight is 288 g/mol. The number of rotatable bonds is 4. The molecule has 0 fully saturated rings. The maximum atomic E-state index is 5.44. The van der Waals surface area contributed by atoms with E-state index in [1.165, 1.54) is 43.5 Å². The van der Waals surface area contributed by atoms with Gasteiger partial charge in [-0.2, -0.15) is 0 Å². The Morgan fingerprint density at radius 2 is 1.86 bits per heavy atom. The summed E-state index contributed by atoms with van der Waals surface area (Å²) in [4.78, 5) is 1.72. The van der Waals surface area contributed by atoms with Crippen LogP contribution in [0.4, 0.5) is 0 Å². The van der Waals surface area contributed by atoms with Crippen molar-refractivity contribution in [3.05, 3.63) is 35.4 Å². The molecule has 1 unspecified atom stereocenters. The maximum absolute atomic E-state index is 5.44. The number of hydrogen-bond donors (Lipinski definition) is 1. The van der Waals surface area contributed by atoms with Crippen molar-refractivity contribution in [3.8, 4) is 11.5 Å². The second-order valence-electron chi connectivity index (χ2n) is 6.26. The number of methoxy groups -OCH3 is 2. The first-order chi connectivity index (χ1) is 10.3. The number of benzene rings is 1. The van der Waals surface area contributed by atoms with E-state index in [1.807, 2.05) is 0 Å². The third kappa shape index (κ3) is 3.24. The van der Waals surface area contributed by atoms with Gasteiger partial charge in [0.1, 0.15) is 6.54 Å². The van der Waals surface area contributed by atoms with Crippen LogP contribution in [-0.2, 0) is 13.0 Å². The summed E-state index contributed by atoms with van der Waals surface area (Å²) in [6.07, 6.45) is 9.72. The maximum Gasteiger partial charge on any atom is 0.161 e. The second-order valence-corrected chi connectivity index (χ2v) is 6.26. The van der Waals surface area contributed by atoms with Crippen LogP contribution < -0.4 is 14.4 Å². The highest BCUT2D eigenvalue weighted by molar-refractivity contribution is 5.47. The van der Waals surface area contributed by atoms with Crippen molar-refractivity contribution in [2.45, 2.75) is 32.2 Å². The normalized spacial score (nSPS) is 24.5. The number of fused-ring (bicyclic) bond motifs is 1. The van der Waals surface area contributed by atoms with Gasteiger partial charge in [-0.3, -0.25) is 0 Å². The minimum atomic E-state index is 0.858. The van der Waals surface area contributed by atoms with Gasteiger partial charge in [0.15, 0.2) is 11.5 Å². The molecule has 0 saturated heterocycles. The molecule has 0 bridgehead atoms. The Kier molecular flexibility index (Phi) is 4.49. The number of allylic oxidation sites excluding steroid dienone is 2. The van der Waals surface area contributed by atoms with E-state index in [0.717, 1.165) is 30.4 Å². The van der Waals surface area contributed by atoms with Gasteiger partial charge in [0, 0.05) is 17.9 Å². The van der Waals surface area contributed by atoms with Crippen LogP contribution in [0, 0.1) is 5.92 Å². The van der Waals surface area contributed by atoms with Crippen molar-refractivity contribution in [3.63, 3.8) is 0 Å². The summed E-state index contributed by atoms with van der Waals surface area (Å²) >= 11 is 0. The van der Waals surface area contributed by atoms with Crippen molar-refractivity contribution in [1.82, 2.24) is 0 Å². The van der Waals surface area contributed by atoms with Crippen molar-refractivity contribution in [2.24, 2.45) is 5.92 Å². The van der Waals surface area contributed by atoms with Gasteiger partial charge in [-0.15, -0.1) is 0 Å². The summed E-state index contributed by atoms with van der Waals surface area (Å²) in [5.41, 5.74) is 2.86. The largest absolute Gasteiger partial charge is 0.493 e. The number of quaternary nitrogens is 1. The molecule has 1 N–H and O–H groups in total. The van der Waals surface area contributed by atoms with Gasteiger partial charge < -0.3 is 14.4 Å². The molecule has 0 amide bonds. The van der Waals surface area contributed by atoms with Crippen molar-refractivity contribution in [2.75, 3.05) is 27.3 Å². The first-order valence-corrected chi connectivity index (χ1v) is 8.02. The van der Waals surface area contributed by atoms with Gasteiger partial charge in [-0.1, -0.05) is 12.2 Å². The minimum Gasteiger partial charge on any atom is -0.493 e. The van der Waals surface area contributed by atoms with E-state index in [1.54, 1.807) is 19.1 Å². The molecule has 1 heterocycles. The van der Waals surface area contributed by atoms with E-state index in [0.29, 0.717) is 0 Å². The van der Waals surface area contributed by atoms with Crippen LogP contribution in [0.2, 0.25) is 0 Å². The molecule has 2 atom stereocenters. The number of hydrogen-bond acceptors (Lipinski definition) is 2. The molecule has 21 heavy (non-hydrogen) atoms. The lowest BCUT2D eigenvalue weighted by Gasteiger charge is -2.30. The Bertz CT molecular complexity index is 524. The fraction of sp³-hybridized carbons (Fsp3) is 0.556. The molecule has 3 rings (SSSR count). The fourth-order valence-electron chi connectivity index (χ4n) is 3.65. The summed E-state index contributed by atoms with van der Waals surface area (Å²) in [6, 6.07) is 4.34. The van der Waals surface area contributed by atoms with Crippen LogP contribution in [0.5, 0.6) is 11.5 Å². The van der Waals surface area contributed by atoms with E-state index < -0.39 is 0 Å². The molecule has 1 aromatic rings. The van der Waals surface area contributed by atoms with E-state index >= 15 is 0 Å². The van der Waals surface area contributed by atoms with Gasteiger partial charge in [-0.25, -0.2) is 0 Å². The lowest BCUT2D eigenvalue weighted by Crippen LogP contribution is -3.12. The van der Waals surface area contributed by atoms with E-state index in [2.05, 4.69) is 24.3 Å². The fourth-order valence-corrected chi connectivity index (χ4v) is 3.65. The summed E-state index contributed by atoms with van der Waals surface area (Å²) in [5, 5.41) is 0. The highest BCUT2D eigenvalue weighted by atomic mass is 16.5. The lowest BCUT2D eigenvalue weighted by atomic mass is 9.92. The molecule has 1 aliphatic heterocycles. The third-order valence-corrected chi connectivity index (χ3v) is 4.85.